The SMILES string of the molecule is CCCCCCCCCCc1cccc2cccc(S(=O)(=O)[O-])c12.CCCCCCCCCCc1cccc2cccc(S(=O)(=O)[O-])c12.[Ca+2]. The van der Waals surface area contributed by atoms with Gasteiger partial charge in [-0.15, -0.1) is 0 Å². The number of benzene rings is 4. The quantitative estimate of drug-likeness (QED) is 0.0507. The van der Waals surface area contributed by atoms with E-state index < -0.39 is 20.2 Å². The van der Waals surface area contributed by atoms with Gasteiger partial charge in [-0.05, 0) is 59.7 Å². The average Bonchev–Trinajstić information content (AvgIpc) is 3.06. The molecule has 0 aliphatic rings. The first-order valence-corrected chi connectivity index (χ1v) is 20.8. The molecule has 0 saturated carbocycles. The first kappa shape index (κ1) is 43.6. The van der Waals surface area contributed by atoms with Crippen LogP contribution in [0.15, 0.2) is 82.6 Å². The Morgan fingerprint density at radius 1 is 0.429 bits per heavy atom. The van der Waals surface area contributed by atoms with Gasteiger partial charge in [-0.3, -0.25) is 0 Å². The van der Waals surface area contributed by atoms with Gasteiger partial charge in [-0.25, -0.2) is 16.8 Å². The van der Waals surface area contributed by atoms with Crippen molar-refractivity contribution in [1.29, 1.82) is 0 Å². The van der Waals surface area contributed by atoms with Gasteiger partial charge in [0.25, 0.3) is 0 Å². The molecular weight excluding hydrogens is 681 g/mol. The van der Waals surface area contributed by atoms with Crippen LogP contribution in [0.4, 0.5) is 0 Å². The van der Waals surface area contributed by atoms with Crippen LogP contribution in [0.5, 0.6) is 0 Å². The zero-order valence-corrected chi connectivity index (χ0v) is 33.5. The largest absolute Gasteiger partial charge is 2.00 e. The van der Waals surface area contributed by atoms with Gasteiger partial charge in [0.2, 0.25) is 0 Å². The molecule has 264 valence electrons. The maximum atomic E-state index is 11.5. The smallest absolute Gasteiger partial charge is 0.744 e. The minimum absolute atomic E-state index is 0. The van der Waals surface area contributed by atoms with E-state index in [-0.39, 0.29) is 47.5 Å². The molecule has 4 aromatic rings. The Morgan fingerprint density at radius 3 is 1.02 bits per heavy atom. The maximum absolute atomic E-state index is 11.5. The molecule has 0 aliphatic heterocycles. The summed E-state index contributed by atoms with van der Waals surface area (Å²) in [5.74, 6) is 0. The van der Waals surface area contributed by atoms with Crippen LogP contribution in [-0.2, 0) is 33.1 Å². The summed E-state index contributed by atoms with van der Waals surface area (Å²) in [4.78, 5) is -0.176. The van der Waals surface area contributed by atoms with Gasteiger partial charge < -0.3 is 9.11 Å². The molecule has 0 heterocycles. The summed E-state index contributed by atoms with van der Waals surface area (Å²) >= 11 is 0. The molecule has 0 bridgehead atoms. The van der Waals surface area contributed by atoms with E-state index in [1.54, 1.807) is 12.1 Å². The predicted molar refractivity (Wildman–Crippen MR) is 202 cm³/mol. The van der Waals surface area contributed by atoms with E-state index in [0.29, 0.717) is 10.8 Å². The Kier molecular flexibility index (Phi) is 20.6. The molecule has 4 rings (SSSR count). The van der Waals surface area contributed by atoms with E-state index in [9.17, 15) is 25.9 Å². The molecule has 0 unspecified atom stereocenters. The van der Waals surface area contributed by atoms with Crippen molar-refractivity contribution >= 4 is 79.5 Å². The summed E-state index contributed by atoms with van der Waals surface area (Å²) in [5, 5.41) is 2.86. The van der Waals surface area contributed by atoms with Gasteiger partial charge in [0, 0.05) is 10.8 Å². The molecule has 9 heteroatoms. The van der Waals surface area contributed by atoms with Crippen molar-refractivity contribution in [2.24, 2.45) is 0 Å². The summed E-state index contributed by atoms with van der Waals surface area (Å²) in [6.07, 6.45) is 21.4. The van der Waals surface area contributed by atoms with Crippen molar-refractivity contribution < 1.29 is 25.9 Å². The normalized spacial score (nSPS) is 11.7. The molecule has 0 radical (unpaired) electrons. The molecule has 49 heavy (non-hydrogen) atoms. The van der Waals surface area contributed by atoms with Crippen molar-refractivity contribution in [1.82, 2.24) is 0 Å². The minimum atomic E-state index is -4.45. The third-order valence-electron chi connectivity index (χ3n) is 9.04. The van der Waals surface area contributed by atoms with Crippen LogP contribution in [-0.4, -0.2) is 63.7 Å². The van der Waals surface area contributed by atoms with E-state index in [1.807, 2.05) is 48.5 Å². The van der Waals surface area contributed by atoms with E-state index in [0.717, 1.165) is 60.4 Å². The van der Waals surface area contributed by atoms with Crippen molar-refractivity contribution in [2.75, 3.05) is 0 Å². The second-order valence-electron chi connectivity index (χ2n) is 12.9. The molecule has 0 fully saturated rings. The Balaban J connectivity index is 0.000000333. The van der Waals surface area contributed by atoms with E-state index in [1.165, 1.54) is 89.2 Å². The molecule has 0 aromatic heterocycles. The van der Waals surface area contributed by atoms with Crippen LogP contribution < -0.4 is 0 Å². The summed E-state index contributed by atoms with van der Waals surface area (Å²) in [6, 6.07) is 21.3. The summed E-state index contributed by atoms with van der Waals surface area (Å²) < 4.78 is 69.3. The van der Waals surface area contributed by atoms with Gasteiger partial charge in [0.15, 0.2) is 0 Å². The molecule has 0 aliphatic carbocycles. The zero-order valence-electron chi connectivity index (χ0n) is 29.6. The number of fused-ring (bicyclic) bond motifs is 2. The molecule has 4 aromatic carbocycles. The molecule has 0 amide bonds. The van der Waals surface area contributed by atoms with E-state index >= 15 is 0 Å². The number of hydrogen-bond donors (Lipinski definition) is 0. The fourth-order valence-corrected chi connectivity index (χ4v) is 7.98. The van der Waals surface area contributed by atoms with E-state index in [2.05, 4.69) is 13.8 Å². The van der Waals surface area contributed by atoms with Gasteiger partial charge in [0.05, 0.1) is 9.79 Å². The van der Waals surface area contributed by atoms with Crippen LogP contribution in [0.2, 0.25) is 0 Å². The summed E-state index contributed by atoms with van der Waals surface area (Å²) in [7, 11) is -8.90. The first-order valence-electron chi connectivity index (χ1n) is 18.0. The standard InChI is InChI=1S/2C20H28O3S.Ca/c2*1-2-3-4-5-6-7-8-9-12-17-13-10-14-18-15-11-16-19(20(17)18)24(21,22)23;/h2*10-11,13-16H,2-9,12H2,1H3,(H,21,22,23);/q;;+2/p-2. The third-order valence-corrected chi connectivity index (χ3v) is 10.8. The van der Waals surface area contributed by atoms with E-state index in [4.69, 9.17) is 0 Å². The molecule has 6 nitrogen and oxygen atoms in total. The van der Waals surface area contributed by atoms with Gasteiger partial charge in [0.1, 0.15) is 20.2 Å². The second kappa shape index (κ2) is 23.1. The van der Waals surface area contributed by atoms with Crippen molar-refractivity contribution in [3.05, 3.63) is 83.9 Å². The minimum Gasteiger partial charge on any atom is -0.744 e. The fourth-order valence-electron chi connectivity index (χ4n) is 6.50. The summed E-state index contributed by atoms with van der Waals surface area (Å²) in [5.41, 5.74) is 1.93. The Labute approximate surface area is 326 Å². The molecule has 0 atom stereocenters. The second-order valence-corrected chi connectivity index (χ2v) is 15.6. The Morgan fingerprint density at radius 2 is 0.714 bits per heavy atom. The number of hydrogen-bond acceptors (Lipinski definition) is 6. The van der Waals surface area contributed by atoms with Crippen LogP contribution in [0, 0.1) is 0 Å². The topological polar surface area (TPSA) is 114 Å². The van der Waals surface area contributed by atoms with Gasteiger partial charge in [-0.1, -0.05) is 164 Å². The van der Waals surface area contributed by atoms with Crippen LogP contribution in [0.3, 0.4) is 0 Å². The molecule has 0 spiro atoms. The predicted octanol–water partition coefficient (Wildman–Crippen LogP) is 10.5. The third kappa shape index (κ3) is 14.9. The Bertz CT molecular complexity index is 1630. The number of aryl methyl sites for hydroxylation is 2. The van der Waals surface area contributed by atoms with Crippen LogP contribution in [0.25, 0.3) is 21.5 Å². The van der Waals surface area contributed by atoms with Gasteiger partial charge >= 0.3 is 37.7 Å². The first-order chi connectivity index (χ1) is 23.1. The molecular formula is C40H54CaO6S2. The molecule has 0 saturated heterocycles. The fraction of sp³-hybridized carbons (Fsp3) is 0.500. The Hall–Kier alpha value is -1.52. The van der Waals surface area contributed by atoms with Crippen molar-refractivity contribution in [3.63, 3.8) is 0 Å². The number of unbranched alkanes of at least 4 members (excludes halogenated alkanes) is 14. The van der Waals surface area contributed by atoms with Crippen molar-refractivity contribution in [2.45, 2.75) is 139 Å². The van der Waals surface area contributed by atoms with Gasteiger partial charge in [-0.2, -0.15) is 0 Å². The number of rotatable bonds is 20. The van der Waals surface area contributed by atoms with Crippen molar-refractivity contribution in [3.8, 4) is 0 Å². The summed E-state index contributed by atoms with van der Waals surface area (Å²) in [6.45, 7) is 4.45. The van der Waals surface area contributed by atoms with Crippen LogP contribution in [0.1, 0.15) is 128 Å². The maximum Gasteiger partial charge on any atom is 2.00 e. The molecule has 0 N–H and O–H groups in total. The monoisotopic (exact) mass is 734 g/mol. The average molecular weight is 735 g/mol. The van der Waals surface area contributed by atoms with Crippen LogP contribution >= 0.6 is 0 Å². The zero-order chi connectivity index (χ0) is 34.8.